The number of nitrogens with zero attached hydrogens (tertiary/aromatic N) is 2. The number of piperidine rings is 1. The van der Waals surface area contributed by atoms with Gasteiger partial charge in [0.1, 0.15) is 5.82 Å². The van der Waals surface area contributed by atoms with E-state index in [2.05, 4.69) is 4.98 Å². The third-order valence-corrected chi connectivity index (χ3v) is 4.29. The number of hydrogen-bond donors (Lipinski definition) is 1. The molecule has 1 aromatic heterocycles. The molecule has 1 aliphatic carbocycles. The van der Waals surface area contributed by atoms with Crippen LogP contribution in [0.4, 0.5) is 14.6 Å². The molecule has 2 unspecified atom stereocenters. The molecular weight excluding hydrogens is 250 g/mol. The van der Waals surface area contributed by atoms with Crippen molar-refractivity contribution < 1.29 is 13.9 Å². The van der Waals surface area contributed by atoms with Gasteiger partial charge < -0.3 is 10.0 Å². The molecular formula is C14H18F2N2O. The van der Waals surface area contributed by atoms with Gasteiger partial charge in [-0.05, 0) is 24.5 Å². The first-order valence-electron chi connectivity index (χ1n) is 6.80. The first-order valence-corrected chi connectivity index (χ1v) is 6.80. The molecule has 104 valence electrons. The molecule has 2 fully saturated rings. The Labute approximate surface area is 111 Å². The molecule has 1 aliphatic heterocycles. The molecule has 1 saturated carbocycles. The maximum Gasteiger partial charge on any atom is 0.258 e. The van der Waals surface area contributed by atoms with E-state index < -0.39 is 17.8 Å². The van der Waals surface area contributed by atoms with Crippen LogP contribution in [-0.4, -0.2) is 35.7 Å². The fourth-order valence-corrected chi connectivity index (χ4v) is 3.04. The normalized spacial score (nSPS) is 27.5. The number of fused-ring (bicyclic) bond motifs is 1. The highest BCUT2D eigenvalue weighted by Gasteiger charge is 2.71. The van der Waals surface area contributed by atoms with Crippen molar-refractivity contribution in [2.45, 2.75) is 25.7 Å². The van der Waals surface area contributed by atoms with Gasteiger partial charge in [0.05, 0.1) is 11.8 Å². The minimum Gasteiger partial charge on any atom is -0.396 e. The molecule has 2 heterocycles. The van der Waals surface area contributed by atoms with Crippen molar-refractivity contribution >= 4 is 5.82 Å². The van der Waals surface area contributed by atoms with Gasteiger partial charge in [-0.15, -0.1) is 0 Å². The largest absolute Gasteiger partial charge is 0.396 e. The van der Waals surface area contributed by atoms with E-state index in [0.29, 0.717) is 19.5 Å². The van der Waals surface area contributed by atoms with Crippen molar-refractivity contribution in [2.24, 2.45) is 11.8 Å². The third-order valence-electron chi connectivity index (χ3n) is 4.29. The fourth-order valence-electron chi connectivity index (χ4n) is 3.04. The molecule has 0 spiro atoms. The van der Waals surface area contributed by atoms with Crippen molar-refractivity contribution in [2.75, 3.05) is 24.6 Å². The molecule has 0 amide bonds. The first-order chi connectivity index (χ1) is 9.07. The van der Waals surface area contributed by atoms with Crippen molar-refractivity contribution in [3.05, 3.63) is 23.4 Å². The number of halogens is 2. The molecule has 1 saturated heterocycles. The van der Waals surface area contributed by atoms with E-state index in [-0.39, 0.29) is 6.61 Å². The van der Waals surface area contributed by atoms with Gasteiger partial charge in [-0.2, -0.15) is 0 Å². The van der Waals surface area contributed by atoms with Gasteiger partial charge in [-0.3, -0.25) is 0 Å². The molecule has 19 heavy (non-hydrogen) atoms. The van der Waals surface area contributed by atoms with E-state index in [9.17, 15) is 8.78 Å². The zero-order valence-corrected chi connectivity index (χ0v) is 10.9. The van der Waals surface area contributed by atoms with Crippen molar-refractivity contribution in [3.63, 3.8) is 0 Å². The summed E-state index contributed by atoms with van der Waals surface area (Å²) >= 11 is 0. The minimum absolute atomic E-state index is 0.105. The van der Waals surface area contributed by atoms with E-state index >= 15 is 0 Å². The monoisotopic (exact) mass is 268 g/mol. The summed E-state index contributed by atoms with van der Waals surface area (Å²) in [6, 6.07) is 3.84. The first kappa shape index (κ1) is 12.8. The summed E-state index contributed by atoms with van der Waals surface area (Å²) in [6.07, 6.45) is 1.39. The SMILES string of the molecule is CCc1nc(N2CC3C(C2)C3(F)F)ccc1CCO. The second-order valence-electron chi connectivity index (χ2n) is 5.39. The second-order valence-corrected chi connectivity index (χ2v) is 5.39. The Hall–Kier alpha value is -1.23. The summed E-state index contributed by atoms with van der Waals surface area (Å²) in [5, 5.41) is 9.00. The van der Waals surface area contributed by atoms with Crippen LogP contribution in [0.1, 0.15) is 18.2 Å². The molecule has 3 rings (SSSR count). The molecule has 0 bridgehead atoms. The van der Waals surface area contributed by atoms with E-state index in [1.807, 2.05) is 24.0 Å². The van der Waals surface area contributed by atoms with Crippen LogP contribution < -0.4 is 4.90 Å². The van der Waals surface area contributed by atoms with Gasteiger partial charge in [0.2, 0.25) is 0 Å². The van der Waals surface area contributed by atoms with Crippen LogP contribution in [0.15, 0.2) is 12.1 Å². The Morgan fingerprint density at radius 1 is 1.37 bits per heavy atom. The molecule has 2 atom stereocenters. The van der Waals surface area contributed by atoms with Gasteiger partial charge in [0.15, 0.2) is 0 Å². The zero-order chi connectivity index (χ0) is 13.6. The average molecular weight is 268 g/mol. The number of pyridine rings is 1. The number of rotatable bonds is 4. The van der Waals surface area contributed by atoms with Crippen LogP contribution in [0.3, 0.4) is 0 Å². The Morgan fingerprint density at radius 3 is 2.63 bits per heavy atom. The van der Waals surface area contributed by atoms with Crippen molar-refractivity contribution in [1.29, 1.82) is 0 Å². The summed E-state index contributed by atoms with van der Waals surface area (Å²) in [5.74, 6) is -2.60. The van der Waals surface area contributed by atoms with E-state index in [1.54, 1.807) is 0 Å². The van der Waals surface area contributed by atoms with E-state index in [0.717, 1.165) is 23.5 Å². The maximum absolute atomic E-state index is 13.2. The number of aryl methyl sites for hydroxylation is 1. The standard InChI is InChI=1S/C14H18F2N2O/c1-2-12-9(5-6-19)3-4-13(17-12)18-7-10-11(8-18)14(10,15)16/h3-4,10-11,19H,2,5-8H2,1H3. The molecule has 2 aliphatic rings. The number of aliphatic hydroxyl groups excluding tert-OH is 1. The van der Waals surface area contributed by atoms with Crippen LogP contribution in [0.5, 0.6) is 0 Å². The highest BCUT2D eigenvalue weighted by atomic mass is 19.3. The summed E-state index contributed by atoms with van der Waals surface area (Å²) in [6.45, 7) is 2.94. The third kappa shape index (κ3) is 2.00. The number of alkyl halides is 2. The van der Waals surface area contributed by atoms with Crippen LogP contribution in [0.25, 0.3) is 0 Å². The molecule has 5 heteroatoms. The lowest BCUT2D eigenvalue weighted by molar-refractivity contribution is 0.0797. The Bertz CT molecular complexity index is 478. The van der Waals surface area contributed by atoms with Crippen LogP contribution in [-0.2, 0) is 12.8 Å². The van der Waals surface area contributed by atoms with E-state index in [1.165, 1.54) is 0 Å². The predicted octanol–water partition coefficient (Wildman–Crippen LogP) is 1.88. The summed E-state index contributed by atoms with van der Waals surface area (Å²) < 4.78 is 26.3. The molecule has 0 aromatic carbocycles. The van der Waals surface area contributed by atoms with Crippen molar-refractivity contribution in [1.82, 2.24) is 4.98 Å². The lowest BCUT2D eigenvalue weighted by Gasteiger charge is -2.22. The van der Waals surface area contributed by atoms with Gasteiger partial charge in [-0.1, -0.05) is 13.0 Å². The smallest absolute Gasteiger partial charge is 0.258 e. The fraction of sp³-hybridized carbons (Fsp3) is 0.643. The molecule has 1 N–H and O–H groups in total. The van der Waals surface area contributed by atoms with Crippen LogP contribution in [0.2, 0.25) is 0 Å². The Kier molecular flexibility index (Phi) is 2.96. The quantitative estimate of drug-likeness (QED) is 0.906. The predicted molar refractivity (Wildman–Crippen MR) is 68.5 cm³/mol. The Balaban J connectivity index is 1.76. The molecule has 3 nitrogen and oxygen atoms in total. The lowest BCUT2D eigenvalue weighted by atomic mass is 10.1. The number of aromatic nitrogens is 1. The summed E-state index contributed by atoms with van der Waals surface area (Å²) in [4.78, 5) is 6.52. The van der Waals surface area contributed by atoms with Crippen LogP contribution in [0, 0.1) is 11.8 Å². The average Bonchev–Trinajstić information content (AvgIpc) is 2.81. The summed E-state index contributed by atoms with van der Waals surface area (Å²) in [5.41, 5.74) is 2.00. The van der Waals surface area contributed by atoms with Gasteiger partial charge in [0, 0.05) is 25.4 Å². The van der Waals surface area contributed by atoms with Gasteiger partial charge in [0.25, 0.3) is 5.92 Å². The molecule has 1 aromatic rings. The number of aliphatic hydroxyl groups is 1. The van der Waals surface area contributed by atoms with Crippen LogP contribution >= 0.6 is 0 Å². The highest BCUT2D eigenvalue weighted by Crippen LogP contribution is 2.59. The van der Waals surface area contributed by atoms with Crippen molar-refractivity contribution in [3.8, 4) is 0 Å². The Morgan fingerprint density at radius 2 is 2.05 bits per heavy atom. The topological polar surface area (TPSA) is 36.4 Å². The highest BCUT2D eigenvalue weighted by molar-refractivity contribution is 5.45. The number of anilines is 1. The second kappa shape index (κ2) is 4.40. The molecule has 0 radical (unpaired) electrons. The number of hydrogen-bond acceptors (Lipinski definition) is 3. The lowest BCUT2D eigenvalue weighted by Crippen LogP contribution is -2.28. The zero-order valence-electron chi connectivity index (χ0n) is 10.9. The maximum atomic E-state index is 13.2. The van der Waals surface area contributed by atoms with Gasteiger partial charge in [-0.25, -0.2) is 13.8 Å². The van der Waals surface area contributed by atoms with Gasteiger partial charge >= 0.3 is 0 Å². The van der Waals surface area contributed by atoms with E-state index in [4.69, 9.17) is 5.11 Å². The minimum atomic E-state index is -2.44. The summed E-state index contributed by atoms with van der Waals surface area (Å²) in [7, 11) is 0.